The van der Waals surface area contributed by atoms with Crippen LogP contribution < -0.4 is 5.73 Å². The second kappa shape index (κ2) is 5.19. The number of carbonyl (C=O) groups excluding carboxylic acids is 2. The Hall–Kier alpha value is -1.81. The minimum Gasteiger partial charge on any atom is -0.462 e. The first-order chi connectivity index (χ1) is 10.0. The maximum absolute atomic E-state index is 12.5. The summed E-state index contributed by atoms with van der Waals surface area (Å²) in [4.78, 5) is 24.5. The second-order valence-electron chi connectivity index (χ2n) is 5.45. The first-order valence-corrected chi connectivity index (χ1v) is 7.43. The molecule has 2 aliphatic rings. The van der Waals surface area contributed by atoms with Crippen LogP contribution in [0.15, 0.2) is 23.8 Å². The van der Waals surface area contributed by atoms with Crippen LogP contribution >= 0.6 is 11.6 Å². The molecule has 1 fully saturated rings. The molecule has 1 atom stereocenters. The molecular formula is C16H16ClNO3. The van der Waals surface area contributed by atoms with E-state index in [2.05, 4.69) is 0 Å². The number of nitrogens with two attached hydrogens (primary N) is 1. The van der Waals surface area contributed by atoms with Crippen molar-refractivity contribution < 1.29 is 14.3 Å². The number of esters is 1. The maximum atomic E-state index is 12.5. The van der Waals surface area contributed by atoms with Crippen LogP contribution in [0.1, 0.15) is 41.6 Å². The van der Waals surface area contributed by atoms with Crippen molar-refractivity contribution in [1.29, 1.82) is 0 Å². The largest absolute Gasteiger partial charge is 0.462 e. The van der Waals surface area contributed by atoms with Crippen LogP contribution in [0.4, 0.5) is 5.69 Å². The van der Waals surface area contributed by atoms with Gasteiger partial charge >= 0.3 is 5.97 Å². The lowest BCUT2D eigenvalue weighted by Crippen LogP contribution is -2.23. The van der Waals surface area contributed by atoms with Crippen LogP contribution in [-0.4, -0.2) is 18.4 Å². The molecular weight excluding hydrogens is 290 g/mol. The zero-order valence-electron chi connectivity index (χ0n) is 11.7. The van der Waals surface area contributed by atoms with Crippen LogP contribution in [0, 0.1) is 5.92 Å². The Balaban J connectivity index is 2.09. The van der Waals surface area contributed by atoms with Crippen LogP contribution in [-0.2, 0) is 9.53 Å². The van der Waals surface area contributed by atoms with Gasteiger partial charge in [0.1, 0.15) is 5.57 Å². The summed E-state index contributed by atoms with van der Waals surface area (Å²) < 4.78 is 4.98. The van der Waals surface area contributed by atoms with E-state index in [1.807, 2.05) is 0 Å². The number of anilines is 1. The number of ether oxygens (including phenoxy) is 1. The number of benzene rings is 1. The van der Waals surface area contributed by atoms with Gasteiger partial charge < -0.3 is 10.5 Å². The van der Waals surface area contributed by atoms with Gasteiger partial charge in [-0.1, -0.05) is 17.7 Å². The number of halogens is 1. The minimum absolute atomic E-state index is 0.0372. The number of allylic oxidation sites excluding steroid dienone is 1. The van der Waals surface area contributed by atoms with Gasteiger partial charge in [0.15, 0.2) is 5.78 Å². The minimum atomic E-state index is -0.563. The third kappa shape index (κ3) is 2.44. The highest BCUT2D eigenvalue weighted by molar-refractivity contribution is 6.34. The number of ketones is 1. The average Bonchev–Trinajstić information content (AvgIpc) is 3.26. The summed E-state index contributed by atoms with van der Waals surface area (Å²) in [5.74, 6) is -0.396. The molecule has 0 radical (unpaired) electrons. The summed E-state index contributed by atoms with van der Waals surface area (Å²) in [7, 11) is 0. The fraction of sp³-hybridized carbons (Fsp3) is 0.375. The topological polar surface area (TPSA) is 69.4 Å². The zero-order valence-corrected chi connectivity index (χ0v) is 12.4. The van der Waals surface area contributed by atoms with Crippen LogP contribution in [0.3, 0.4) is 0 Å². The molecule has 5 heteroatoms. The molecule has 0 saturated heterocycles. The first-order valence-electron chi connectivity index (χ1n) is 7.05. The lowest BCUT2D eigenvalue weighted by atomic mass is 9.80. The normalized spacial score (nSPS) is 20.8. The van der Waals surface area contributed by atoms with Crippen molar-refractivity contribution in [1.82, 2.24) is 0 Å². The van der Waals surface area contributed by atoms with E-state index in [1.165, 1.54) is 0 Å². The van der Waals surface area contributed by atoms with Crippen molar-refractivity contribution in [3.8, 4) is 0 Å². The van der Waals surface area contributed by atoms with Crippen molar-refractivity contribution in [2.45, 2.75) is 25.7 Å². The molecule has 0 amide bonds. The van der Waals surface area contributed by atoms with Gasteiger partial charge in [-0.05, 0) is 43.4 Å². The Kier molecular flexibility index (Phi) is 3.49. The summed E-state index contributed by atoms with van der Waals surface area (Å²) in [6.07, 6.45) is 3.92. The third-order valence-corrected chi connectivity index (χ3v) is 4.32. The molecule has 4 nitrogen and oxygen atoms in total. The Bertz CT molecular complexity index is 662. The fourth-order valence-corrected chi connectivity index (χ4v) is 2.95. The predicted molar refractivity (Wildman–Crippen MR) is 80.4 cm³/mol. The van der Waals surface area contributed by atoms with Gasteiger partial charge in [0.05, 0.1) is 17.3 Å². The molecule has 0 bridgehead atoms. The van der Waals surface area contributed by atoms with Gasteiger partial charge in [0.2, 0.25) is 0 Å². The number of nitrogen functional groups attached to an aromatic ring is 1. The second-order valence-corrected chi connectivity index (χ2v) is 5.86. The number of carbonyl (C=O) groups is 2. The first kappa shape index (κ1) is 14.1. The molecule has 0 aliphatic heterocycles. The molecule has 0 unspecified atom stereocenters. The van der Waals surface area contributed by atoms with Gasteiger partial charge in [0, 0.05) is 11.5 Å². The Labute approximate surface area is 127 Å². The van der Waals surface area contributed by atoms with Crippen molar-refractivity contribution in [3.63, 3.8) is 0 Å². The molecule has 110 valence electrons. The van der Waals surface area contributed by atoms with E-state index in [-0.39, 0.29) is 23.9 Å². The third-order valence-electron chi connectivity index (χ3n) is 3.99. The van der Waals surface area contributed by atoms with Crippen LogP contribution in [0.2, 0.25) is 5.02 Å². The number of rotatable bonds is 3. The van der Waals surface area contributed by atoms with Gasteiger partial charge in [-0.2, -0.15) is 0 Å². The predicted octanol–water partition coefficient (Wildman–Crippen LogP) is 3.10. The molecule has 3 rings (SSSR count). The van der Waals surface area contributed by atoms with E-state index in [0.29, 0.717) is 22.2 Å². The summed E-state index contributed by atoms with van der Waals surface area (Å²) in [5.41, 5.74) is 7.61. The quantitative estimate of drug-likeness (QED) is 0.529. The standard InChI is InChI=1S/C16H16ClNO3/c1-2-21-16(20)12-5-9(8-3-4-8)10-6-13(17)14(18)7-11(10)15(12)19/h5-9H,2-4,18H2,1H3/t9-/m1/s1. The van der Waals surface area contributed by atoms with E-state index in [9.17, 15) is 9.59 Å². The van der Waals surface area contributed by atoms with Crippen molar-refractivity contribution in [2.75, 3.05) is 12.3 Å². The summed E-state index contributed by atoms with van der Waals surface area (Å²) in [6, 6.07) is 3.33. The van der Waals surface area contributed by atoms with E-state index in [1.54, 1.807) is 25.1 Å². The maximum Gasteiger partial charge on any atom is 0.341 e. The fourth-order valence-electron chi connectivity index (χ4n) is 2.78. The number of Topliss-reactive ketones (excluding diaryl/α,β-unsaturated/α-hetero) is 1. The van der Waals surface area contributed by atoms with E-state index >= 15 is 0 Å². The van der Waals surface area contributed by atoms with Gasteiger partial charge in [-0.25, -0.2) is 4.79 Å². The molecule has 21 heavy (non-hydrogen) atoms. The Morgan fingerprint density at radius 3 is 2.76 bits per heavy atom. The van der Waals surface area contributed by atoms with Crippen LogP contribution in [0.5, 0.6) is 0 Å². The Morgan fingerprint density at radius 1 is 1.43 bits per heavy atom. The molecule has 2 N–H and O–H groups in total. The molecule has 0 spiro atoms. The molecule has 0 aromatic heterocycles. The summed E-state index contributed by atoms with van der Waals surface area (Å²) >= 11 is 6.08. The van der Waals surface area contributed by atoms with Crippen molar-refractivity contribution >= 4 is 29.0 Å². The highest BCUT2D eigenvalue weighted by Crippen LogP contribution is 2.48. The highest BCUT2D eigenvalue weighted by Gasteiger charge is 2.39. The van der Waals surface area contributed by atoms with Crippen LogP contribution in [0.25, 0.3) is 0 Å². The molecule has 0 heterocycles. The van der Waals surface area contributed by atoms with Gasteiger partial charge in [-0.15, -0.1) is 0 Å². The molecule has 1 saturated carbocycles. The van der Waals surface area contributed by atoms with Crippen molar-refractivity contribution in [3.05, 3.63) is 39.9 Å². The molecule has 2 aliphatic carbocycles. The van der Waals surface area contributed by atoms with E-state index < -0.39 is 5.97 Å². The lowest BCUT2D eigenvalue weighted by Gasteiger charge is -2.23. The van der Waals surface area contributed by atoms with E-state index in [4.69, 9.17) is 22.1 Å². The van der Waals surface area contributed by atoms with Gasteiger partial charge in [0.25, 0.3) is 0 Å². The zero-order chi connectivity index (χ0) is 15.1. The lowest BCUT2D eigenvalue weighted by molar-refractivity contribution is -0.138. The summed E-state index contributed by atoms with van der Waals surface area (Å²) in [6.45, 7) is 1.96. The number of hydrogen-bond acceptors (Lipinski definition) is 4. The number of fused-ring (bicyclic) bond motifs is 1. The summed E-state index contributed by atoms with van der Waals surface area (Å²) in [5, 5.41) is 0.445. The molecule has 1 aromatic rings. The number of hydrogen-bond donors (Lipinski definition) is 1. The SMILES string of the molecule is CCOC(=O)C1=C[C@H](C2CC2)c2cc(Cl)c(N)cc2C1=O. The van der Waals surface area contributed by atoms with E-state index in [0.717, 1.165) is 18.4 Å². The monoisotopic (exact) mass is 305 g/mol. The Morgan fingerprint density at radius 2 is 2.14 bits per heavy atom. The van der Waals surface area contributed by atoms with Gasteiger partial charge in [-0.3, -0.25) is 4.79 Å². The molecule has 1 aromatic carbocycles. The highest BCUT2D eigenvalue weighted by atomic mass is 35.5. The van der Waals surface area contributed by atoms with Crippen molar-refractivity contribution in [2.24, 2.45) is 5.92 Å². The smallest absolute Gasteiger partial charge is 0.341 e. The average molecular weight is 306 g/mol.